The number of Topliss-reactive ketones (excluding diaryl/α,β-unsaturated/α-hetero) is 1. The summed E-state index contributed by atoms with van der Waals surface area (Å²) >= 11 is 12.0. The van der Waals surface area contributed by atoms with Crippen molar-refractivity contribution in [2.24, 2.45) is 0 Å². The summed E-state index contributed by atoms with van der Waals surface area (Å²) in [6, 6.07) is 4.65. The first kappa shape index (κ1) is 21.0. The molecular formula is C19H25Cl2NO4. The Hall–Kier alpha value is -1.30. The Morgan fingerprint density at radius 3 is 2.50 bits per heavy atom. The van der Waals surface area contributed by atoms with E-state index in [1.807, 2.05) is 6.92 Å². The molecule has 0 saturated carbocycles. The van der Waals surface area contributed by atoms with Crippen LogP contribution in [0.15, 0.2) is 18.2 Å². The van der Waals surface area contributed by atoms with Gasteiger partial charge in [-0.05, 0) is 45.4 Å². The van der Waals surface area contributed by atoms with Gasteiger partial charge in [0.25, 0.3) is 0 Å². The van der Waals surface area contributed by atoms with Crippen LogP contribution < -0.4 is 0 Å². The Balaban J connectivity index is 2.45. The van der Waals surface area contributed by atoms with E-state index in [4.69, 9.17) is 27.9 Å². The van der Waals surface area contributed by atoms with E-state index >= 15 is 0 Å². The van der Waals surface area contributed by atoms with Gasteiger partial charge in [-0.25, -0.2) is 4.79 Å². The van der Waals surface area contributed by atoms with E-state index in [0.29, 0.717) is 23.4 Å². The molecule has 144 valence electrons. The first-order valence-electron chi connectivity index (χ1n) is 8.68. The molecule has 1 aliphatic heterocycles. The van der Waals surface area contributed by atoms with Crippen molar-refractivity contribution >= 4 is 35.1 Å². The number of ketones is 1. The molecule has 0 unspecified atom stereocenters. The van der Waals surface area contributed by atoms with Crippen LogP contribution in [0.5, 0.6) is 0 Å². The minimum atomic E-state index is -1.16. The highest BCUT2D eigenvalue weighted by atomic mass is 35.5. The zero-order chi connectivity index (χ0) is 19.7. The molecule has 1 fully saturated rings. The molecule has 5 nitrogen and oxygen atoms in total. The predicted molar refractivity (Wildman–Crippen MR) is 102 cm³/mol. The van der Waals surface area contributed by atoms with Crippen molar-refractivity contribution in [3.63, 3.8) is 0 Å². The fourth-order valence-corrected chi connectivity index (χ4v) is 3.70. The first-order chi connectivity index (χ1) is 12.0. The average Bonchev–Trinajstić information content (AvgIpc) is 2.86. The first-order valence-corrected chi connectivity index (χ1v) is 9.44. The molecule has 7 heteroatoms. The van der Waals surface area contributed by atoms with E-state index in [-0.39, 0.29) is 23.8 Å². The number of hydrogen-bond acceptors (Lipinski definition) is 4. The molecule has 1 saturated heterocycles. The number of nitrogens with zero attached hydrogens (tertiary/aromatic N) is 1. The summed E-state index contributed by atoms with van der Waals surface area (Å²) in [6.07, 6.45) is -0.141. The highest BCUT2D eigenvalue weighted by molar-refractivity contribution is 6.42. The summed E-state index contributed by atoms with van der Waals surface area (Å²) in [4.78, 5) is 27.5. The van der Waals surface area contributed by atoms with Gasteiger partial charge >= 0.3 is 6.09 Å². The lowest BCUT2D eigenvalue weighted by Crippen LogP contribution is -2.54. The Labute approximate surface area is 164 Å². The van der Waals surface area contributed by atoms with Gasteiger partial charge in [0.1, 0.15) is 11.1 Å². The van der Waals surface area contributed by atoms with Crippen molar-refractivity contribution < 1.29 is 19.4 Å². The van der Waals surface area contributed by atoms with Crippen molar-refractivity contribution in [2.45, 2.75) is 64.2 Å². The number of halogens is 2. The van der Waals surface area contributed by atoms with Gasteiger partial charge in [0.05, 0.1) is 22.7 Å². The Morgan fingerprint density at radius 2 is 1.96 bits per heavy atom. The van der Waals surface area contributed by atoms with Gasteiger partial charge in [0, 0.05) is 12.0 Å². The lowest BCUT2D eigenvalue weighted by molar-refractivity contribution is 0.00670. The van der Waals surface area contributed by atoms with Crippen LogP contribution in [0.1, 0.15) is 57.3 Å². The third kappa shape index (κ3) is 4.33. The summed E-state index contributed by atoms with van der Waals surface area (Å²) in [5, 5.41) is 10.9. The summed E-state index contributed by atoms with van der Waals surface area (Å²) < 4.78 is 5.48. The Bertz CT molecular complexity index is 701. The van der Waals surface area contributed by atoms with Gasteiger partial charge in [0.15, 0.2) is 5.78 Å². The standard InChI is InChI=1S/C19H25Cl2NO4/c1-5-8-19(16(24)12-6-7-14(20)15(21)9-12)10-13(23)11-22(19)17(25)26-18(2,3)4/h6-7,9,13,23H,5,8,10-11H2,1-4H3/t13-,19-/m1/s1. The van der Waals surface area contributed by atoms with Crippen LogP contribution >= 0.6 is 23.2 Å². The van der Waals surface area contributed by atoms with E-state index < -0.39 is 23.3 Å². The minimum Gasteiger partial charge on any atom is -0.444 e. The number of rotatable bonds is 4. The summed E-state index contributed by atoms with van der Waals surface area (Å²) in [6.45, 7) is 7.28. The highest BCUT2D eigenvalue weighted by Crippen LogP contribution is 2.39. The third-order valence-corrected chi connectivity index (χ3v) is 5.10. The lowest BCUT2D eigenvalue weighted by Gasteiger charge is -2.37. The van der Waals surface area contributed by atoms with Crippen molar-refractivity contribution in [1.29, 1.82) is 0 Å². The zero-order valence-corrected chi connectivity index (χ0v) is 17.0. The van der Waals surface area contributed by atoms with Crippen molar-refractivity contribution in [3.05, 3.63) is 33.8 Å². The molecule has 1 heterocycles. The third-order valence-electron chi connectivity index (χ3n) is 4.37. The molecule has 0 bridgehead atoms. The molecule has 1 amide bonds. The maximum Gasteiger partial charge on any atom is 0.411 e. The second-order valence-corrected chi connectivity index (χ2v) is 8.50. The Morgan fingerprint density at radius 1 is 1.31 bits per heavy atom. The maximum absolute atomic E-state index is 13.4. The van der Waals surface area contributed by atoms with Gasteiger partial charge in [-0.3, -0.25) is 9.69 Å². The summed E-state index contributed by atoms with van der Waals surface area (Å²) in [5.41, 5.74) is -1.50. The van der Waals surface area contributed by atoms with Gasteiger partial charge < -0.3 is 9.84 Å². The maximum atomic E-state index is 13.4. The highest BCUT2D eigenvalue weighted by Gasteiger charge is 2.53. The minimum absolute atomic E-state index is 0.0575. The molecule has 0 aromatic heterocycles. The molecule has 26 heavy (non-hydrogen) atoms. The SMILES string of the molecule is CCC[C@]1(C(=O)c2ccc(Cl)c(Cl)c2)C[C@@H](O)CN1C(=O)OC(C)(C)C. The number of carbonyl (C=O) groups excluding carboxylic acids is 2. The summed E-state index contributed by atoms with van der Waals surface area (Å²) in [5.74, 6) is -0.264. The molecule has 0 spiro atoms. The van der Waals surface area contributed by atoms with Crippen molar-refractivity contribution in [3.8, 4) is 0 Å². The van der Waals surface area contributed by atoms with E-state index in [1.165, 1.54) is 11.0 Å². The predicted octanol–water partition coefficient (Wildman–Crippen LogP) is 4.72. The number of aliphatic hydroxyl groups is 1. The van der Waals surface area contributed by atoms with E-state index in [2.05, 4.69) is 0 Å². The Kier molecular flexibility index (Phi) is 6.26. The van der Waals surface area contributed by atoms with Crippen LogP contribution in [0.4, 0.5) is 4.79 Å². The van der Waals surface area contributed by atoms with Gasteiger partial charge in [-0.2, -0.15) is 0 Å². The van der Waals surface area contributed by atoms with Gasteiger partial charge in [0.2, 0.25) is 0 Å². The molecular weight excluding hydrogens is 377 g/mol. The monoisotopic (exact) mass is 401 g/mol. The lowest BCUT2D eigenvalue weighted by atomic mass is 9.82. The van der Waals surface area contributed by atoms with Crippen LogP contribution in [-0.4, -0.2) is 45.7 Å². The molecule has 2 rings (SSSR count). The quantitative estimate of drug-likeness (QED) is 0.741. The van der Waals surface area contributed by atoms with Crippen molar-refractivity contribution in [2.75, 3.05) is 6.54 Å². The molecule has 1 aromatic carbocycles. The van der Waals surface area contributed by atoms with Crippen LogP contribution in [0.25, 0.3) is 0 Å². The fourth-order valence-electron chi connectivity index (χ4n) is 3.40. The molecule has 1 N–H and O–H groups in total. The second kappa shape index (κ2) is 7.75. The molecule has 2 atom stereocenters. The molecule has 0 aliphatic carbocycles. The fraction of sp³-hybridized carbons (Fsp3) is 0.579. The zero-order valence-electron chi connectivity index (χ0n) is 15.5. The number of likely N-dealkylation sites (tertiary alicyclic amines) is 1. The van der Waals surface area contributed by atoms with E-state index in [0.717, 1.165) is 0 Å². The van der Waals surface area contributed by atoms with Crippen LogP contribution in [0.2, 0.25) is 10.0 Å². The molecule has 1 aromatic rings. The summed E-state index contributed by atoms with van der Waals surface area (Å²) in [7, 11) is 0. The van der Waals surface area contributed by atoms with Gasteiger partial charge in [-0.15, -0.1) is 0 Å². The number of hydrogen-bond donors (Lipinski definition) is 1. The average molecular weight is 402 g/mol. The number of aliphatic hydroxyl groups excluding tert-OH is 1. The number of benzene rings is 1. The number of carbonyl (C=O) groups is 2. The van der Waals surface area contributed by atoms with Crippen LogP contribution in [-0.2, 0) is 4.74 Å². The van der Waals surface area contributed by atoms with Crippen molar-refractivity contribution in [1.82, 2.24) is 4.90 Å². The smallest absolute Gasteiger partial charge is 0.411 e. The normalized spacial score (nSPS) is 23.2. The number of β-amino-alcohol motifs (C(OH)–C–C–N with tert-alkyl or cyclic N) is 1. The second-order valence-electron chi connectivity index (χ2n) is 7.69. The van der Waals surface area contributed by atoms with Crippen LogP contribution in [0, 0.1) is 0 Å². The molecule has 0 radical (unpaired) electrons. The molecule has 1 aliphatic rings. The topological polar surface area (TPSA) is 66.8 Å². The number of amides is 1. The van der Waals surface area contributed by atoms with Gasteiger partial charge in [-0.1, -0.05) is 36.5 Å². The van der Waals surface area contributed by atoms with Crippen LogP contribution in [0.3, 0.4) is 0 Å². The van der Waals surface area contributed by atoms with E-state index in [1.54, 1.807) is 32.9 Å². The van der Waals surface area contributed by atoms with E-state index in [9.17, 15) is 14.7 Å². The largest absolute Gasteiger partial charge is 0.444 e. The number of ether oxygens (including phenoxy) is 1.